The van der Waals surface area contributed by atoms with E-state index in [2.05, 4.69) is 26.8 Å². The number of unbranched alkanes of at least 4 members (excludes halogenated alkanes) is 1. The molecule has 16 heavy (non-hydrogen) atoms. The molecule has 0 saturated heterocycles. The Balaban J connectivity index is 2.81. The molecule has 0 aliphatic heterocycles. The van der Waals surface area contributed by atoms with E-state index in [1.165, 1.54) is 5.56 Å². The molecule has 0 aromatic heterocycles. The second-order valence-corrected chi connectivity index (χ2v) is 4.26. The molecule has 0 radical (unpaired) electrons. The molecule has 2 heteroatoms. The maximum absolute atomic E-state index is 5.78. The number of hydrogen-bond donors (Lipinski definition) is 0. The number of benzene rings is 1. The number of ether oxygens (including phenoxy) is 2. The minimum atomic E-state index is 0.451. The second-order valence-electron chi connectivity index (χ2n) is 4.26. The van der Waals surface area contributed by atoms with Gasteiger partial charge in [0.05, 0.1) is 13.7 Å². The summed E-state index contributed by atoms with van der Waals surface area (Å²) in [5.41, 5.74) is 1.22. The van der Waals surface area contributed by atoms with Crippen LogP contribution in [-0.2, 0) is 0 Å². The van der Waals surface area contributed by atoms with Crippen LogP contribution in [0.15, 0.2) is 18.2 Å². The lowest BCUT2D eigenvalue weighted by Crippen LogP contribution is -2.01. The zero-order chi connectivity index (χ0) is 12.0. The van der Waals surface area contributed by atoms with Gasteiger partial charge in [-0.1, -0.05) is 27.2 Å². The normalized spacial score (nSPS) is 10.6. The van der Waals surface area contributed by atoms with Crippen LogP contribution in [0, 0.1) is 0 Å². The molecule has 90 valence electrons. The Kier molecular flexibility index (Phi) is 5.17. The first-order valence-electron chi connectivity index (χ1n) is 5.99. The number of hydrogen-bond acceptors (Lipinski definition) is 2. The predicted octanol–water partition coefficient (Wildman–Crippen LogP) is 4.00. The highest BCUT2D eigenvalue weighted by molar-refractivity contribution is 5.42. The molecule has 2 nitrogen and oxygen atoms in total. The van der Waals surface area contributed by atoms with E-state index in [4.69, 9.17) is 9.47 Å². The molecule has 0 aliphatic rings. The molecule has 1 aromatic carbocycles. The van der Waals surface area contributed by atoms with E-state index in [9.17, 15) is 0 Å². The van der Waals surface area contributed by atoms with Gasteiger partial charge >= 0.3 is 0 Å². The topological polar surface area (TPSA) is 18.5 Å². The third-order valence-electron chi connectivity index (χ3n) is 2.59. The Labute approximate surface area is 98.6 Å². The molecule has 0 heterocycles. The predicted molar refractivity (Wildman–Crippen MR) is 67.5 cm³/mol. The van der Waals surface area contributed by atoms with Crippen LogP contribution in [0.25, 0.3) is 0 Å². The fraction of sp³-hybridized carbons (Fsp3) is 0.571. The fourth-order valence-corrected chi connectivity index (χ4v) is 1.56. The van der Waals surface area contributed by atoms with Crippen LogP contribution in [-0.4, -0.2) is 13.7 Å². The van der Waals surface area contributed by atoms with Gasteiger partial charge in [-0.05, 0) is 30.5 Å². The van der Waals surface area contributed by atoms with Crippen molar-refractivity contribution in [3.63, 3.8) is 0 Å². The summed E-state index contributed by atoms with van der Waals surface area (Å²) in [4.78, 5) is 0. The van der Waals surface area contributed by atoms with Crippen molar-refractivity contribution in [2.75, 3.05) is 13.7 Å². The smallest absolute Gasteiger partial charge is 0.123 e. The van der Waals surface area contributed by atoms with Crippen molar-refractivity contribution >= 4 is 0 Å². The maximum atomic E-state index is 5.78. The molecular formula is C14H22O2. The Morgan fingerprint density at radius 1 is 1.25 bits per heavy atom. The van der Waals surface area contributed by atoms with Crippen molar-refractivity contribution in [2.45, 2.75) is 39.5 Å². The Hall–Kier alpha value is -1.18. The molecule has 0 saturated carbocycles. The minimum Gasteiger partial charge on any atom is -0.497 e. The molecule has 0 fully saturated rings. The van der Waals surface area contributed by atoms with Crippen LogP contribution in [0.2, 0.25) is 0 Å². The van der Waals surface area contributed by atoms with Crippen molar-refractivity contribution < 1.29 is 9.47 Å². The van der Waals surface area contributed by atoms with Crippen LogP contribution in [0.5, 0.6) is 11.5 Å². The van der Waals surface area contributed by atoms with Gasteiger partial charge in [0.1, 0.15) is 11.5 Å². The summed E-state index contributed by atoms with van der Waals surface area (Å²) in [5.74, 6) is 2.34. The van der Waals surface area contributed by atoms with Gasteiger partial charge in [0.2, 0.25) is 0 Å². The van der Waals surface area contributed by atoms with E-state index >= 15 is 0 Å². The van der Waals surface area contributed by atoms with Crippen molar-refractivity contribution in [3.05, 3.63) is 23.8 Å². The van der Waals surface area contributed by atoms with Crippen molar-refractivity contribution in [2.24, 2.45) is 0 Å². The maximum Gasteiger partial charge on any atom is 0.123 e. The Bertz CT molecular complexity index is 319. The summed E-state index contributed by atoms with van der Waals surface area (Å²) < 4.78 is 11.0. The largest absolute Gasteiger partial charge is 0.497 e. The highest BCUT2D eigenvalue weighted by Gasteiger charge is 2.09. The molecule has 0 amide bonds. The SMILES string of the molecule is CCCCOc1ccc(OC)cc1C(C)C. The van der Waals surface area contributed by atoms with E-state index in [0.717, 1.165) is 30.9 Å². The minimum absolute atomic E-state index is 0.451. The van der Waals surface area contributed by atoms with Gasteiger partial charge in [-0.15, -0.1) is 0 Å². The summed E-state index contributed by atoms with van der Waals surface area (Å²) in [6.07, 6.45) is 2.26. The van der Waals surface area contributed by atoms with Gasteiger partial charge in [-0.25, -0.2) is 0 Å². The van der Waals surface area contributed by atoms with Crippen molar-refractivity contribution in [1.82, 2.24) is 0 Å². The van der Waals surface area contributed by atoms with Gasteiger partial charge in [0, 0.05) is 5.56 Å². The standard InChI is InChI=1S/C14H22O2/c1-5-6-9-16-14-8-7-12(15-4)10-13(14)11(2)3/h7-8,10-11H,5-6,9H2,1-4H3. The van der Waals surface area contributed by atoms with Crippen LogP contribution >= 0.6 is 0 Å². The quantitative estimate of drug-likeness (QED) is 0.677. The van der Waals surface area contributed by atoms with Crippen LogP contribution in [0.1, 0.15) is 45.1 Å². The molecular weight excluding hydrogens is 200 g/mol. The van der Waals surface area contributed by atoms with E-state index in [0.29, 0.717) is 5.92 Å². The summed E-state index contributed by atoms with van der Waals surface area (Å²) in [6, 6.07) is 6.02. The zero-order valence-corrected chi connectivity index (χ0v) is 10.7. The van der Waals surface area contributed by atoms with Gasteiger partial charge in [0.15, 0.2) is 0 Å². The van der Waals surface area contributed by atoms with E-state index in [-0.39, 0.29) is 0 Å². The third-order valence-corrected chi connectivity index (χ3v) is 2.59. The lowest BCUT2D eigenvalue weighted by Gasteiger charge is -2.15. The third kappa shape index (κ3) is 3.44. The van der Waals surface area contributed by atoms with E-state index in [1.807, 2.05) is 12.1 Å². The van der Waals surface area contributed by atoms with Gasteiger partial charge in [-0.3, -0.25) is 0 Å². The summed E-state index contributed by atoms with van der Waals surface area (Å²) in [5, 5.41) is 0. The first-order chi connectivity index (χ1) is 7.69. The van der Waals surface area contributed by atoms with E-state index < -0.39 is 0 Å². The number of methoxy groups -OCH3 is 1. The van der Waals surface area contributed by atoms with E-state index in [1.54, 1.807) is 7.11 Å². The fourth-order valence-electron chi connectivity index (χ4n) is 1.56. The lowest BCUT2D eigenvalue weighted by molar-refractivity contribution is 0.304. The van der Waals surface area contributed by atoms with Gasteiger partial charge < -0.3 is 9.47 Å². The van der Waals surface area contributed by atoms with Crippen LogP contribution in [0.3, 0.4) is 0 Å². The first-order valence-corrected chi connectivity index (χ1v) is 5.99. The van der Waals surface area contributed by atoms with Gasteiger partial charge in [0.25, 0.3) is 0 Å². The average Bonchev–Trinajstić information content (AvgIpc) is 2.29. The molecule has 0 bridgehead atoms. The Morgan fingerprint density at radius 3 is 2.56 bits per heavy atom. The first kappa shape index (κ1) is 12.9. The molecule has 1 rings (SSSR count). The summed E-state index contributed by atoms with van der Waals surface area (Å²) >= 11 is 0. The summed E-state index contributed by atoms with van der Waals surface area (Å²) in [7, 11) is 1.69. The molecule has 0 atom stereocenters. The summed E-state index contributed by atoms with van der Waals surface area (Å²) in [6.45, 7) is 7.30. The van der Waals surface area contributed by atoms with Gasteiger partial charge in [-0.2, -0.15) is 0 Å². The zero-order valence-electron chi connectivity index (χ0n) is 10.7. The molecule has 0 N–H and O–H groups in total. The lowest BCUT2D eigenvalue weighted by atomic mass is 10.0. The van der Waals surface area contributed by atoms with Crippen molar-refractivity contribution in [1.29, 1.82) is 0 Å². The van der Waals surface area contributed by atoms with Crippen LogP contribution in [0.4, 0.5) is 0 Å². The number of rotatable bonds is 6. The highest BCUT2D eigenvalue weighted by atomic mass is 16.5. The van der Waals surface area contributed by atoms with Crippen molar-refractivity contribution in [3.8, 4) is 11.5 Å². The molecule has 0 unspecified atom stereocenters. The Morgan fingerprint density at radius 2 is 2.00 bits per heavy atom. The molecule has 1 aromatic rings. The highest BCUT2D eigenvalue weighted by Crippen LogP contribution is 2.30. The average molecular weight is 222 g/mol. The monoisotopic (exact) mass is 222 g/mol. The molecule has 0 aliphatic carbocycles. The second kappa shape index (κ2) is 6.41. The van der Waals surface area contributed by atoms with Crippen LogP contribution < -0.4 is 9.47 Å². The molecule has 0 spiro atoms.